The second kappa shape index (κ2) is 4.55. The highest BCUT2D eigenvalue weighted by Crippen LogP contribution is 2.10. The first-order chi connectivity index (χ1) is 4.56. The summed E-state index contributed by atoms with van der Waals surface area (Å²) in [5.41, 5.74) is 0. The van der Waals surface area contributed by atoms with Gasteiger partial charge in [-0.25, -0.2) is 0 Å². The van der Waals surface area contributed by atoms with Crippen LogP contribution in [0.1, 0.15) is 6.42 Å². The minimum Gasteiger partial charge on any atom is -0.502 e. The molecular formula is C8H18OSi. The Bertz CT molecular complexity index is 93.9. The quantitative estimate of drug-likeness (QED) is 0.339. The number of hydrogen-bond donors (Lipinski definition) is 0. The van der Waals surface area contributed by atoms with Crippen molar-refractivity contribution in [3.8, 4) is 0 Å². The van der Waals surface area contributed by atoms with Gasteiger partial charge in [-0.1, -0.05) is 32.3 Å². The van der Waals surface area contributed by atoms with E-state index in [4.69, 9.17) is 4.74 Å². The Hall–Kier alpha value is -0.243. The van der Waals surface area contributed by atoms with Crippen LogP contribution < -0.4 is 0 Å². The normalized spacial score (nSPS) is 11.1. The molecule has 0 spiro atoms. The fraction of sp³-hybridized carbons (Fsp3) is 0.750. The molecular weight excluding hydrogens is 140 g/mol. The van der Waals surface area contributed by atoms with Crippen LogP contribution in [-0.2, 0) is 4.74 Å². The summed E-state index contributed by atoms with van der Waals surface area (Å²) in [6, 6.07) is 1.35. The lowest BCUT2D eigenvalue weighted by Gasteiger charge is -2.14. The molecule has 0 radical (unpaired) electrons. The van der Waals surface area contributed by atoms with Gasteiger partial charge in [0.2, 0.25) is 0 Å². The van der Waals surface area contributed by atoms with Crippen LogP contribution >= 0.6 is 0 Å². The third kappa shape index (κ3) is 7.76. The van der Waals surface area contributed by atoms with E-state index >= 15 is 0 Å². The minimum atomic E-state index is -0.822. The van der Waals surface area contributed by atoms with Crippen LogP contribution in [0.25, 0.3) is 0 Å². The lowest BCUT2D eigenvalue weighted by molar-refractivity contribution is 0.250. The largest absolute Gasteiger partial charge is 0.502 e. The first-order valence-electron chi connectivity index (χ1n) is 3.79. The van der Waals surface area contributed by atoms with Gasteiger partial charge in [-0.05, 0) is 6.42 Å². The third-order valence-electron chi connectivity index (χ3n) is 1.31. The lowest BCUT2D eigenvalue weighted by atomic mass is 10.5. The molecule has 0 amide bonds. The van der Waals surface area contributed by atoms with Crippen LogP contribution in [0.3, 0.4) is 0 Å². The predicted octanol–water partition coefficient (Wildman–Crippen LogP) is 2.87. The van der Waals surface area contributed by atoms with Gasteiger partial charge in [0.05, 0.1) is 12.9 Å². The zero-order chi connectivity index (χ0) is 8.04. The molecule has 1 nitrogen and oxygen atoms in total. The molecule has 2 heteroatoms. The maximum atomic E-state index is 5.02. The summed E-state index contributed by atoms with van der Waals surface area (Å²) in [7, 11) is -0.822. The number of rotatable bonds is 5. The maximum absolute atomic E-state index is 5.02. The van der Waals surface area contributed by atoms with E-state index in [0.29, 0.717) is 0 Å². The van der Waals surface area contributed by atoms with Crippen molar-refractivity contribution in [1.82, 2.24) is 0 Å². The van der Waals surface area contributed by atoms with Gasteiger partial charge in [-0.15, -0.1) is 0 Å². The summed E-state index contributed by atoms with van der Waals surface area (Å²) in [6.45, 7) is 11.5. The zero-order valence-corrected chi connectivity index (χ0v) is 8.31. The highest BCUT2D eigenvalue weighted by molar-refractivity contribution is 6.76. The standard InChI is InChI=1S/C8H18OSi/c1-5-9-7-6-8-10(2,3)4/h5H,1,6-8H2,2-4H3. The van der Waals surface area contributed by atoms with Crippen molar-refractivity contribution in [3.63, 3.8) is 0 Å². The molecule has 0 aromatic rings. The highest BCUT2D eigenvalue weighted by Gasteiger charge is 2.11. The summed E-state index contributed by atoms with van der Waals surface area (Å²) in [5.74, 6) is 0. The van der Waals surface area contributed by atoms with Crippen molar-refractivity contribution < 1.29 is 4.74 Å². The second-order valence-electron chi connectivity index (χ2n) is 3.70. The molecule has 60 valence electrons. The Morgan fingerprint density at radius 1 is 1.40 bits per heavy atom. The van der Waals surface area contributed by atoms with Gasteiger partial charge >= 0.3 is 0 Å². The summed E-state index contributed by atoms with van der Waals surface area (Å²) in [4.78, 5) is 0. The number of hydrogen-bond acceptors (Lipinski definition) is 1. The maximum Gasteiger partial charge on any atom is 0.0870 e. The first-order valence-corrected chi connectivity index (χ1v) is 7.49. The summed E-state index contributed by atoms with van der Waals surface area (Å²) in [5, 5.41) is 0. The fourth-order valence-electron chi connectivity index (χ4n) is 0.769. The van der Waals surface area contributed by atoms with Crippen LogP contribution in [0.5, 0.6) is 0 Å². The van der Waals surface area contributed by atoms with Crippen molar-refractivity contribution in [2.45, 2.75) is 32.1 Å². The van der Waals surface area contributed by atoms with E-state index in [0.717, 1.165) is 6.61 Å². The van der Waals surface area contributed by atoms with Crippen molar-refractivity contribution in [2.75, 3.05) is 6.61 Å². The Balaban J connectivity index is 3.12. The van der Waals surface area contributed by atoms with E-state index in [2.05, 4.69) is 26.2 Å². The molecule has 0 aliphatic rings. The van der Waals surface area contributed by atoms with E-state index in [9.17, 15) is 0 Å². The average Bonchev–Trinajstić information content (AvgIpc) is 1.78. The topological polar surface area (TPSA) is 9.23 Å². The van der Waals surface area contributed by atoms with E-state index in [1.807, 2.05) is 0 Å². The van der Waals surface area contributed by atoms with Gasteiger partial charge in [0.25, 0.3) is 0 Å². The van der Waals surface area contributed by atoms with E-state index in [-0.39, 0.29) is 0 Å². The van der Waals surface area contributed by atoms with Crippen LogP contribution in [0.2, 0.25) is 25.7 Å². The summed E-state index contributed by atoms with van der Waals surface area (Å²) in [6.07, 6.45) is 2.70. The second-order valence-corrected chi connectivity index (χ2v) is 9.32. The molecule has 0 heterocycles. The molecule has 0 saturated heterocycles. The van der Waals surface area contributed by atoms with Gasteiger partial charge in [0.15, 0.2) is 0 Å². The molecule has 10 heavy (non-hydrogen) atoms. The average molecular weight is 158 g/mol. The minimum absolute atomic E-state index is 0.822. The number of ether oxygens (including phenoxy) is 1. The van der Waals surface area contributed by atoms with E-state index in [1.165, 1.54) is 18.7 Å². The molecule has 0 fully saturated rings. The lowest BCUT2D eigenvalue weighted by Crippen LogP contribution is -2.19. The van der Waals surface area contributed by atoms with Gasteiger partial charge in [0.1, 0.15) is 0 Å². The molecule has 0 atom stereocenters. The van der Waals surface area contributed by atoms with Gasteiger partial charge in [0, 0.05) is 8.07 Å². The van der Waals surface area contributed by atoms with Crippen LogP contribution in [0, 0.1) is 0 Å². The molecule has 0 aliphatic heterocycles. The Morgan fingerprint density at radius 3 is 2.40 bits per heavy atom. The van der Waals surface area contributed by atoms with Crippen molar-refractivity contribution in [1.29, 1.82) is 0 Å². The molecule has 0 aromatic heterocycles. The molecule has 0 aromatic carbocycles. The van der Waals surface area contributed by atoms with E-state index in [1.54, 1.807) is 0 Å². The smallest absolute Gasteiger partial charge is 0.0870 e. The van der Waals surface area contributed by atoms with Crippen molar-refractivity contribution >= 4 is 8.07 Å². The predicted molar refractivity (Wildman–Crippen MR) is 48.9 cm³/mol. The third-order valence-corrected chi connectivity index (χ3v) is 3.16. The Kier molecular flexibility index (Phi) is 4.44. The Labute approximate surface area is 65.1 Å². The van der Waals surface area contributed by atoms with Crippen LogP contribution in [-0.4, -0.2) is 14.7 Å². The van der Waals surface area contributed by atoms with Gasteiger partial charge < -0.3 is 4.74 Å². The monoisotopic (exact) mass is 158 g/mol. The van der Waals surface area contributed by atoms with E-state index < -0.39 is 8.07 Å². The van der Waals surface area contributed by atoms with Crippen LogP contribution in [0.4, 0.5) is 0 Å². The molecule has 0 N–H and O–H groups in total. The first kappa shape index (κ1) is 9.76. The fourth-order valence-corrected chi connectivity index (χ4v) is 1.97. The zero-order valence-electron chi connectivity index (χ0n) is 7.31. The Morgan fingerprint density at radius 2 is 2.00 bits per heavy atom. The molecule has 0 bridgehead atoms. The molecule has 0 unspecified atom stereocenters. The summed E-state index contributed by atoms with van der Waals surface area (Å²) >= 11 is 0. The van der Waals surface area contributed by atoms with Crippen molar-refractivity contribution in [2.24, 2.45) is 0 Å². The molecule has 0 aliphatic carbocycles. The van der Waals surface area contributed by atoms with Gasteiger partial charge in [-0.3, -0.25) is 0 Å². The van der Waals surface area contributed by atoms with Crippen molar-refractivity contribution in [3.05, 3.63) is 12.8 Å². The van der Waals surface area contributed by atoms with Crippen LogP contribution in [0.15, 0.2) is 12.8 Å². The summed E-state index contributed by atoms with van der Waals surface area (Å²) < 4.78 is 5.02. The molecule has 0 saturated carbocycles. The highest BCUT2D eigenvalue weighted by atomic mass is 28.3. The molecule has 0 rings (SSSR count). The van der Waals surface area contributed by atoms with Gasteiger partial charge in [-0.2, -0.15) is 0 Å². The SMILES string of the molecule is C=COCCC[Si](C)(C)C.